The van der Waals surface area contributed by atoms with Crippen LogP contribution < -0.4 is 0 Å². The first-order valence-electron chi connectivity index (χ1n) is 9.35. The summed E-state index contributed by atoms with van der Waals surface area (Å²) in [6, 6.07) is 12.0. The molecule has 3 nitrogen and oxygen atoms in total. The van der Waals surface area contributed by atoms with Crippen molar-refractivity contribution >= 4 is 23.5 Å². The van der Waals surface area contributed by atoms with Gasteiger partial charge in [-0.3, -0.25) is 4.79 Å². The molecule has 0 aliphatic rings. The normalized spacial score (nSPS) is 11.2. The third-order valence-corrected chi connectivity index (χ3v) is 5.40. The lowest BCUT2D eigenvalue weighted by Gasteiger charge is -2.09. The molecule has 0 N–H and O–H groups in total. The maximum absolute atomic E-state index is 12.6. The van der Waals surface area contributed by atoms with Gasteiger partial charge in [-0.25, -0.2) is 9.18 Å². The molecule has 0 radical (unpaired) electrons. The number of carbonyl (C=O) groups excluding carboxylic acids is 2. The number of carbonyl (C=O) groups is 2. The average Bonchev–Trinajstić information content (AvgIpc) is 2.67. The Labute approximate surface area is 171 Å². The first-order chi connectivity index (χ1) is 13.2. The van der Waals surface area contributed by atoms with Crippen LogP contribution in [0.4, 0.5) is 4.39 Å². The van der Waals surface area contributed by atoms with Gasteiger partial charge in [0.05, 0.1) is 17.9 Å². The van der Waals surface area contributed by atoms with Gasteiger partial charge in [0, 0.05) is 5.25 Å². The number of hydrogen-bond acceptors (Lipinski definition) is 4. The highest BCUT2D eigenvalue weighted by atomic mass is 32.2. The smallest absolute Gasteiger partial charge is 0.338 e. The van der Waals surface area contributed by atoms with Crippen LogP contribution in [0.2, 0.25) is 0 Å². The van der Waals surface area contributed by atoms with Crippen molar-refractivity contribution in [3.05, 3.63) is 70.5 Å². The van der Waals surface area contributed by atoms with Crippen molar-refractivity contribution in [3.63, 3.8) is 0 Å². The number of esters is 1. The molecular weight excluding hydrogens is 375 g/mol. The molecule has 0 aliphatic heterocycles. The van der Waals surface area contributed by atoms with E-state index in [4.69, 9.17) is 4.74 Å². The lowest BCUT2D eigenvalue weighted by molar-refractivity contribution is -0.114. The van der Waals surface area contributed by atoms with Crippen molar-refractivity contribution in [2.75, 3.05) is 12.4 Å². The minimum atomic E-state index is -0.227. The van der Waals surface area contributed by atoms with E-state index in [1.54, 1.807) is 36.9 Å². The largest absolute Gasteiger partial charge is 0.462 e. The van der Waals surface area contributed by atoms with Gasteiger partial charge in [0.2, 0.25) is 0 Å². The average molecular weight is 405 g/mol. The summed E-state index contributed by atoms with van der Waals surface area (Å²) in [6.07, 6.45) is 0.858. The van der Waals surface area contributed by atoms with Gasteiger partial charge in [-0.05, 0) is 75.1 Å². The Morgan fingerprint density at radius 2 is 1.71 bits per heavy atom. The van der Waals surface area contributed by atoms with Gasteiger partial charge in [-0.2, -0.15) is 0 Å². The molecule has 0 saturated heterocycles. The number of rotatable bonds is 7. The summed E-state index contributed by atoms with van der Waals surface area (Å²) in [7, 11) is 0. The van der Waals surface area contributed by atoms with Crippen molar-refractivity contribution in [1.29, 1.82) is 0 Å². The Kier molecular flexibility index (Phi) is 10.5. The van der Waals surface area contributed by atoms with Crippen LogP contribution in [-0.4, -0.2) is 24.1 Å². The van der Waals surface area contributed by atoms with Crippen LogP contribution in [-0.2, 0) is 9.53 Å². The second-order valence-electron chi connectivity index (χ2n) is 6.64. The molecule has 2 aromatic carbocycles. The fourth-order valence-electron chi connectivity index (χ4n) is 2.22. The first-order valence-corrected chi connectivity index (χ1v) is 10.4. The number of ether oxygens (including phenoxy) is 1. The minimum absolute atomic E-state index is 0.170. The Bertz CT molecular complexity index is 772. The van der Waals surface area contributed by atoms with Crippen LogP contribution in [0.3, 0.4) is 0 Å². The quantitative estimate of drug-likeness (QED) is 0.525. The molecule has 0 aromatic heterocycles. The van der Waals surface area contributed by atoms with Crippen molar-refractivity contribution < 1.29 is 18.7 Å². The molecule has 0 spiro atoms. The van der Waals surface area contributed by atoms with Crippen LogP contribution in [0.1, 0.15) is 59.5 Å². The molecule has 2 rings (SSSR count). The van der Waals surface area contributed by atoms with Gasteiger partial charge < -0.3 is 4.74 Å². The van der Waals surface area contributed by atoms with E-state index in [-0.39, 0.29) is 22.8 Å². The molecule has 0 aliphatic carbocycles. The third kappa shape index (κ3) is 8.70. The Morgan fingerprint density at radius 3 is 2.25 bits per heavy atom. The summed E-state index contributed by atoms with van der Waals surface area (Å²) in [5.41, 5.74) is 4.01. The van der Waals surface area contributed by atoms with Crippen molar-refractivity contribution in [2.24, 2.45) is 0 Å². The standard InChI is InChI=1S/C12H16O2.C11H13FOS/c1-4-7-14-12(13)11-6-5-9(2)10(3)8-11;1-8(13)7-14-9(2)10-3-5-11(12)6-4-10/h5-6,8H,4,7H2,1-3H3;3-6,9H,7H2,1-2H3. The lowest BCUT2D eigenvalue weighted by atomic mass is 10.1. The summed E-state index contributed by atoms with van der Waals surface area (Å²) < 4.78 is 17.6. The number of thioether (sulfide) groups is 1. The van der Waals surface area contributed by atoms with E-state index < -0.39 is 0 Å². The zero-order valence-electron chi connectivity index (χ0n) is 17.3. The van der Waals surface area contributed by atoms with Crippen molar-refractivity contribution in [3.8, 4) is 0 Å². The van der Waals surface area contributed by atoms with E-state index in [1.165, 1.54) is 17.7 Å². The van der Waals surface area contributed by atoms with E-state index in [2.05, 4.69) is 0 Å². The maximum Gasteiger partial charge on any atom is 0.338 e. The fourth-order valence-corrected chi connectivity index (χ4v) is 3.05. The van der Waals surface area contributed by atoms with Crippen molar-refractivity contribution in [2.45, 2.75) is 46.3 Å². The fraction of sp³-hybridized carbons (Fsp3) is 0.391. The molecule has 152 valence electrons. The Hall–Kier alpha value is -2.14. The molecule has 28 heavy (non-hydrogen) atoms. The predicted octanol–water partition coefficient (Wildman–Crippen LogP) is 6.08. The summed E-state index contributed by atoms with van der Waals surface area (Å²) in [4.78, 5) is 22.2. The number of halogens is 1. The molecule has 0 fully saturated rings. The molecule has 1 unspecified atom stereocenters. The number of hydrogen-bond donors (Lipinski definition) is 0. The van der Waals surface area contributed by atoms with Crippen LogP contribution in [0.5, 0.6) is 0 Å². The number of ketones is 1. The topological polar surface area (TPSA) is 43.4 Å². The van der Waals surface area contributed by atoms with Gasteiger partial charge in [-0.15, -0.1) is 11.8 Å². The highest BCUT2D eigenvalue weighted by molar-refractivity contribution is 8.00. The summed E-state index contributed by atoms with van der Waals surface area (Å²) in [5, 5.41) is 0.236. The highest BCUT2D eigenvalue weighted by Gasteiger charge is 2.07. The maximum atomic E-state index is 12.6. The Balaban J connectivity index is 0.000000280. The SMILES string of the molecule is CC(=O)CSC(C)c1ccc(F)cc1.CCCOC(=O)c1ccc(C)c(C)c1. The van der Waals surface area contributed by atoms with Gasteiger partial charge >= 0.3 is 5.97 Å². The van der Waals surface area contributed by atoms with Gasteiger partial charge in [0.25, 0.3) is 0 Å². The van der Waals surface area contributed by atoms with Crippen LogP contribution in [0.25, 0.3) is 0 Å². The molecule has 1 atom stereocenters. The number of Topliss-reactive ketones (excluding diaryl/α,β-unsaturated/α-hetero) is 1. The third-order valence-electron chi connectivity index (χ3n) is 4.06. The monoisotopic (exact) mass is 404 g/mol. The second-order valence-corrected chi connectivity index (χ2v) is 7.97. The first kappa shape index (κ1) is 23.9. The van der Waals surface area contributed by atoms with E-state index in [1.807, 2.05) is 39.8 Å². The lowest BCUT2D eigenvalue weighted by Crippen LogP contribution is -2.06. The summed E-state index contributed by atoms with van der Waals surface area (Å²) in [5.74, 6) is 0.231. The summed E-state index contributed by atoms with van der Waals surface area (Å²) >= 11 is 1.57. The molecule has 2 aromatic rings. The number of benzene rings is 2. The van der Waals surface area contributed by atoms with E-state index in [9.17, 15) is 14.0 Å². The molecule has 0 amide bonds. The molecule has 0 bridgehead atoms. The minimum Gasteiger partial charge on any atom is -0.462 e. The molecular formula is C23H29FO3S. The summed E-state index contributed by atoms with van der Waals surface area (Å²) in [6.45, 7) is 10.1. The van der Waals surface area contributed by atoms with Gasteiger partial charge in [0.15, 0.2) is 0 Å². The van der Waals surface area contributed by atoms with E-state index >= 15 is 0 Å². The van der Waals surface area contributed by atoms with Crippen molar-refractivity contribution in [1.82, 2.24) is 0 Å². The highest BCUT2D eigenvalue weighted by Crippen LogP contribution is 2.27. The second kappa shape index (κ2) is 12.3. The van der Waals surface area contributed by atoms with E-state index in [0.29, 0.717) is 17.9 Å². The van der Waals surface area contributed by atoms with Gasteiger partial charge in [0.1, 0.15) is 11.6 Å². The molecule has 5 heteroatoms. The Morgan fingerprint density at radius 1 is 1.07 bits per heavy atom. The van der Waals surface area contributed by atoms with Gasteiger partial charge in [-0.1, -0.05) is 25.1 Å². The van der Waals surface area contributed by atoms with Crippen LogP contribution in [0.15, 0.2) is 42.5 Å². The molecule has 0 heterocycles. The number of aryl methyl sites for hydroxylation is 2. The van der Waals surface area contributed by atoms with E-state index in [0.717, 1.165) is 17.5 Å². The zero-order chi connectivity index (χ0) is 21.1. The zero-order valence-corrected chi connectivity index (χ0v) is 18.1. The molecule has 0 saturated carbocycles. The van der Waals surface area contributed by atoms with Crippen LogP contribution in [0, 0.1) is 19.7 Å². The predicted molar refractivity (Wildman–Crippen MR) is 114 cm³/mol. The van der Waals surface area contributed by atoms with Crippen LogP contribution >= 0.6 is 11.8 Å².